The number of imidazole rings is 1. The lowest BCUT2D eigenvalue weighted by atomic mass is 9.65. The molecule has 6 nitrogen and oxygen atoms in total. The number of hydrogen-bond acceptors (Lipinski definition) is 3. The highest BCUT2D eigenvalue weighted by Gasteiger charge is 2.58. The quantitative estimate of drug-likeness (QED) is 0.793. The fourth-order valence-corrected chi connectivity index (χ4v) is 3.87. The summed E-state index contributed by atoms with van der Waals surface area (Å²) in [4.78, 5) is 32.1. The average Bonchev–Trinajstić information content (AvgIpc) is 2.98. The highest BCUT2D eigenvalue weighted by Crippen LogP contribution is 2.56. The molecule has 0 aliphatic heterocycles. The number of anilines is 1. The molecule has 1 aromatic carbocycles. The average molecular weight is 343 g/mol. The van der Waals surface area contributed by atoms with Crippen LogP contribution in [0.3, 0.4) is 0 Å². The van der Waals surface area contributed by atoms with Gasteiger partial charge >= 0.3 is 5.97 Å². The number of aliphatic carboxylic acids is 1. The summed E-state index contributed by atoms with van der Waals surface area (Å²) in [6, 6.07) is 3.99. The Balaban J connectivity index is 1.84. The highest BCUT2D eigenvalue weighted by molar-refractivity contribution is 5.94. The summed E-state index contributed by atoms with van der Waals surface area (Å²) >= 11 is 0. The van der Waals surface area contributed by atoms with E-state index in [0.717, 1.165) is 22.2 Å². The molecule has 1 fully saturated rings. The van der Waals surface area contributed by atoms with Gasteiger partial charge in [0.25, 0.3) is 0 Å². The number of fused-ring (bicyclic) bond motifs is 1. The van der Waals surface area contributed by atoms with Gasteiger partial charge in [-0.2, -0.15) is 0 Å². The Morgan fingerprint density at radius 1 is 1.24 bits per heavy atom. The number of hydrogen-bond donors (Lipinski definition) is 3. The minimum absolute atomic E-state index is 0.178. The first-order valence-corrected chi connectivity index (χ1v) is 8.57. The number of benzene rings is 1. The maximum absolute atomic E-state index is 12.8. The number of aromatic nitrogens is 2. The summed E-state index contributed by atoms with van der Waals surface area (Å²) in [5, 5.41) is 12.4. The predicted octanol–water partition coefficient (Wildman–Crippen LogP) is 3.65. The van der Waals surface area contributed by atoms with Crippen LogP contribution in [0, 0.1) is 30.6 Å². The second kappa shape index (κ2) is 5.58. The monoisotopic (exact) mass is 343 g/mol. The number of carbonyl (C=O) groups excluding carboxylic acids is 1. The Morgan fingerprint density at radius 3 is 2.48 bits per heavy atom. The summed E-state index contributed by atoms with van der Waals surface area (Å²) in [6.07, 6.45) is 1.05. The van der Waals surface area contributed by atoms with Gasteiger partial charge in [0.1, 0.15) is 0 Å². The smallest absolute Gasteiger partial charge is 0.309 e. The number of aryl methyl sites for hydroxylation is 2. The molecule has 0 bridgehead atoms. The van der Waals surface area contributed by atoms with Crippen LogP contribution in [0.15, 0.2) is 12.1 Å². The molecule has 1 aliphatic carbocycles. The largest absolute Gasteiger partial charge is 0.481 e. The van der Waals surface area contributed by atoms with Crippen molar-refractivity contribution in [2.24, 2.45) is 16.7 Å². The molecule has 1 aromatic heterocycles. The van der Waals surface area contributed by atoms with Gasteiger partial charge in [0.05, 0.1) is 16.4 Å². The van der Waals surface area contributed by atoms with Crippen molar-refractivity contribution in [2.45, 2.75) is 47.5 Å². The first-order chi connectivity index (χ1) is 11.6. The minimum Gasteiger partial charge on any atom is -0.481 e. The van der Waals surface area contributed by atoms with Crippen LogP contribution in [0.1, 0.15) is 44.7 Å². The third kappa shape index (κ3) is 2.60. The summed E-state index contributed by atoms with van der Waals surface area (Å²) in [5.74, 6) is -0.986. The Labute approximate surface area is 147 Å². The molecule has 3 N–H and O–H groups in total. The van der Waals surface area contributed by atoms with Crippen molar-refractivity contribution in [1.29, 1.82) is 0 Å². The molecule has 134 valence electrons. The number of rotatable bonds is 3. The van der Waals surface area contributed by atoms with Gasteiger partial charge < -0.3 is 10.1 Å². The molecule has 1 saturated carbocycles. The van der Waals surface area contributed by atoms with Gasteiger partial charge in [-0.3, -0.25) is 14.9 Å². The van der Waals surface area contributed by atoms with E-state index in [1.807, 2.05) is 39.8 Å². The van der Waals surface area contributed by atoms with E-state index in [9.17, 15) is 14.7 Å². The zero-order chi connectivity index (χ0) is 18.6. The van der Waals surface area contributed by atoms with Crippen LogP contribution in [0.25, 0.3) is 11.0 Å². The Hall–Kier alpha value is -2.37. The highest BCUT2D eigenvalue weighted by atomic mass is 16.4. The van der Waals surface area contributed by atoms with Gasteiger partial charge in [-0.15, -0.1) is 0 Å². The van der Waals surface area contributed by atoms with Crippen molar-refractivity contribution < 1.29 is 14.7 Å². The Bertz CT molecular complexity index is 829. The number of H-pyrrole nitrogens is 1. The topological polar surface area (TPSA) is 95.1 Å². The van der Waals surface area contributed by atoms with E-state index in [-0.39, 0.29) is 11.8 Å². The normalized spacial score (nSPS) is 25.2. The van der Waals surface area contributed by atoms with Gasteiger partial charge in [-0.05, 0) is 62.3 Å². The molecule has 2 unspecified atom stereocenters. The van der Waals surface area contributed by atoms with Crippen LogP contribution in [-0.4, -0.2) is 27.0 Å². The van der Waals surface area contributed by atoms with Crippen molar-refractivity contribution in [1.82, 2.24) is 9.97 Å². The zero-order valence-corrected chi connectivity index (χ0v) is 15.4. The molecule has 1 heterocycles. The summed E-state index contributed by atoms with van der Waals surface area (Å²) in [7, 11) is 0. The van der Waals surface area contributed by atoms with Crippen molar-refractivity contribution in [3.8, 4) is 0 Å². The first-order valence-electron chi connectivity index (χ1n) is 8.57. The van der Waals surface area contributed by atoms with Crippen LogP contribution in [-0.2, 0) is 9.59 Å². The number of carbonyl (C=O) groups is 2. The fourth-order valence-electron chi connectivity index (χ4n) is 3.87. The Kier molecular flexibility index (Phi) is 3.89. The molecule has 3 rings (SSSR count). The van der Waals surface area contributed by atoms with E-state index in [2.05, 4.69) is 15.3 Å². The van der Waals surface area contributed by atoms with E-state index in [1.165, 1.54) is 0 Å². The van der Waals surface area contributed by atoms with Crippen LogP contribution < -0.4 is 5.32 Å². The molecule has 2 atom stereocenters. The van der Waals surface area contributed by atoms with Crippen LogP contribution >= 0.6 is 0 Å². The van der Waals surface area contributed by atoms with Crippen molar-refractivity contribution in [3.05, 3.63) is 23.3 Å². The van der Waals surface area contributed by atoms with E-state index in [4.69, 9.17) is 0 Å². The number of aromatic amines is 1. The number of carboxylic acids is 1. The maximum atomic E-state index is 12.8. The lowest BCUT2D eigenvalue weighted by molar-refractivity contribution is -0.154. The van der Waals surface area contributed by atoms with Crippen LogP contribution in [0.4, 0.5) is 5.95 Å². The lowest BCUT2D eigenvalue weighted by Crippen LogP contribution is -2.43. The summed E-state index contributed by atoms with van der Waals surface area (Å²) < 4.78 is 0. The molecule has 25 heavy (non-hydrogen) atoms. The van der Waals surface area contributed by atoms with Crippen molar-refractivity contribution >= 4 is 28.9 Å². The van der Waals surface area contributed by atoms with Gasteiger partial charge in [0, 0.05) is 5.92 Å². The van der Waals surface area contributed by atoms with E-state index in [1.54, 1.807) is 6.92 Å². The van der Waals surface area contributed by atoms with Gasteiger partial charge in [0.15, 0.2) is 0 Å². The van der Waals surface area contributed by atoms with E-state index < -0.39 is 16.8 Å². The van der Waals surface area contributed by atoms with Gasteiger partial charge in [-0.1, -0.05) is 13.8 Å². The van der Waals surface area contributed by atoms with E-state index >= 15 is 0 Å². The summed E-state index contributed by atoms with van der Waals surface area (Å²) in [6.45, 7) is 9.51. The molecule has 2 aromatic rings. The molecule has 0 spiro atoms. The number of nitrogens with one attached hydrogen (secondary N) is 2. The number of carboxylic acid groups (broad SMARTS) is 1. The van der Waals surface area contributed by atoms with Crippen molar-refractivity contribution in [2.75, 3.05) is 5.32 Å². The number of nitrogens with zero attached hydrogens (tertiary/aromatic N) is 1. The van der Waals surface area contributed by atoms with Crippen molar-refractivity contribution in [3.63, 3.8) is 0 Å². The maximum Gasteiger partial charge on any atom is 0.309 e. The SMILES string of the molecule is Cc1cc2nc(NC(=O)C3CCC(C)(C(=O)O)C3(C)C)[nH]c2cc1C. The lowest BCUT2D eigenvalue weighted by Gasteiger charge is -2.37. The number of amides is 1. The molecule has 1 aliphatic rings. The van der Waals surface area contributed by atoms with E-state index in [0.29, 0.717) is 18.8 Å². The van der Waals surface area contributed by atoms with Crippen LogP contribution in [0.5, 0.6) is 0 Å². The second-order valence-corrected chi connectivity index (χ2v) is 7.98. The third-order valence-corrected chi connectivity index (χ3v) is 6.35. The first kappa shape index (κ1) is 17.5. The molecule has 6 heteroatoms. The van der Waals surface area contributed by atoms with Gasteiger partial charge in [0.2, 0.25) is 11.9 Å². The second-order valence-electron chi connectivity index (χ2n) is 7.98. The van der Waals surface area contributed by atoms with Crippen LogP contribution in [0.2, 0.25) is 0 Å². The zero-order valence-electron chi connectivity index (χ0n) is 15.4. The molecule has 1 amide bonds. The van der Waals surface area contributed by atoms with Gasteiger partial charge in [-0.25, -0.2) is 4.98 Å². The Morgan fingerprint density at radius 2 is 1.88 bits per heavy atom. The molecule has 0 radical (unpaired) electrons. The minimum atomic E-state index is -0.906. The molecule has 0 saturated heterocycles. The standard InChI is InChI=1S/C19H25N3O3/c1-10-8-13-14(9-11(10)2)21-17(20-13)22-15(23)12-6-7-19(5,16(24)25)18(12,3)4/h8-9,12H,6-7H2,1-5H3,(H,24,25)(H2,20,21,22,23). The third-order valence-electron chi connectivity index (χ3n) is 6.35. The predicted molar refractivity (Wildman–Crippen MR) is 96.4 cm³/mol. The molecular weight excluding hydrogens is 318 g/mol. The molecular formula is C19H25N3O3. The fraction of sp³-hybridized carbons (Fsp3) is 0.526. The summed E-state index contributed by atoms with van der Waals surface area (Å²) in [5.41, 5.74) is 2.44.